The van der Waals surface area contributed by atoms with Crippen molar-refractivity contribution in [2.45, 2.75) is 20.0 Å². The number of pyridine rings is 1. The highest BCUT2D eigenvalue weighted by molar-refractivity contribution is 7.13. The van der Waals surface area contributed by atoms with Crippen LogP contribution in [0.4, 0.5) is 5.69 Å². The van der Waals surface area contributed by atoms with Gasteiger partial charge in [-0.05, 0) is 36.8 Å². The molecule has 7 heteroatoms. The van der Waals surface area contributed by atoms with E-state index in [1.165, 1.54) is 11.3 Å². The van der Waals surface area contributed by atoms with Crippen LogP contribution >= 0.6 is 22.9 Å². The van der Waals surface area contributed by atoms with Crippen LogP contribution in [0.15, 0.2) is 48.8 Å². The summed E-state index contributed by atoms with van der Waals surface area (Å²) >= 11 is 7.63. The largest absolute Gasteiger partial charge is 0.486 e. The second-order valence-electron chi connectivity index (χ2n) is 5.18. The number of aromatic nitrogens is 2. The van der Waals surface area contributed by atoms with Crippen LogP contribution in [-0.2, 0) is 13.0 Å². The van der Waals surface area contributed by atoms with Gasteiger partial charge in [-0.25, -0.2) is 4.98 Å². The van der Waals surface area contributed by atoms with Gasteiger partial charge < -0.3 is 10.1 Å². The van der Waals surface area contributed by atoms with Gasteiger partial charge in [0, 0.05) is 11.9 Å². The zero-order valence-electron chi connectivity index (χ0n) is 13.5. The number of amides is 1. The maximum absolute atomic E-state index is 12.2. The summed E-state index contributed by atoms with van der Waals surface area (Å²) < 4.78 is 5.67. The van der Waals surface area contributed by atoms with Gasteiger partial charge in [-0.1, -0.05) is 24.6 Å². The molecule has 1 aromatic carbocycles. The Balaban J connectivity index is 1.64. The van der Waals surface area contributed by atoms with Crippen molar-refractivity contribution in [1.29, 1.82) is 0 Å². The number of rotatable bonds is 6. The summed E-state index contributed by atoms with van der Waals surface area (Å²) in [6, 6.07) is 10.8. The minimum atomic E-state index is -0.199. The minimum Gasteiger partial charge on any atom is -0.486 e. The third kappa shape index (κ3) is 4.55. The molecule has 0 saturated heterocycles. The first-order valence-corrected chi connectivity index (χ1v) is 8.93. The Labute approximate surface area is 154 Å². The van der Waals surface area contributed by atoms with Crippen molar-refractivity contribution in [2.24, 2.45) is 0 Å². The maximum Gasteiger partial charge on any atom is 0.267 e. The predicted molar refractivity (Wildman–Crippen MR) is 99.5 cm³/mol. The molecule has 2 aromatic heterocycles. The van der Waals surface area contributed by atoms with Gasteiger partial charge in [0.1, 0.15) is 17.2 Å². The number of hydrogen-bond donors (Lipinski definition) is 1. The summed E-state index contributed by atoms with van der Waals surface area (Å²) in [5.41, 5.74) is 1.42. The van der Waals surface area contributed by atoms with Gasteiger partial charge in [0.2, 0.25) is 0 Å². The van der Waals surface area contributed by atoms with E-state index in [0.717, 1.165) is 17.1 Å². The first kappa shape index (κ1) is 17.4. The van der Waals surface area contributed by atoms with E-state index in [-0.39, 0.29) is 5.91 Å². The number of ether oxygens (including phenoxy) is 1. The molecule has 2 heterocycles. The van der Waals surface area contributed by atoms with E-state index in [0.29, 0.717) is 27.9 Å². The Morgan fingerprint density at radius 2 is 2.16 bits per heavy atom. The Bertz CT molecular complexity index is 868. The monoisotopic (exact) mass is 373 g/mol. The molecule has 3 rings (SSSR count). The number of hydrogen-bond acceptors (Lipinski definition) is 5. The van der Waals surface area contributed by atoms with Crippen molar-refractivity contribution >= 4 is 34.5 Å². The fourth-order valence-corrected chi connectivity index (χ4v) is 3.09. The van der Waals surface area contributed by atoms with Crippen LogP contribution in [0.3, 0.4) is 0 Å². The van der Waals surface area contributed by atoms with Crippen molar-refractivity contribution < 1.29 is 9.53 Å². The van der Waals surface area contributed by atoms with E-state index in [4.69, 9.17) is 16.3 Å². The number of carbonyl (C=O) groups excluding carboxylic acids is 1. The van der Waals surface area contributed by atoms with Gasteiger partial charge in [0.15, 0.2) is 0 Å². The highest BCUT2D eigenvalue weighted by Crippen LogP contribution is 2.28. The van der Waals surface area contributed by atoms with Crippen molar-refractivity contribution in [1.82, 2.24) is 9.97 Å². The number of nitrogens with zero attached hydrogens (tertiary/aromatic N) is 2. The summed E-state index contributed by atoms with van der Waals surface area (Å²) in [6.07, 6.45) is 4.11. The number of aryl methyl sites for hydroxylation is 1. The zero-order chi connectivity index (χ0) is 17.6. The molecule has 5 nitrogen and oxygen atoms in total. The Hall–Kier alpha value is -2.44. The molecule has 0 radical (unpaired) electrons. The molecule has 0 aliphatic heterocycles. The molecular weight excluding hydrogens is 358 g/mol. The van der Waals surface area contributed by atoms with Crippen molar-refractivity contribution in [3.63, 3.8) is 0 Å². The van der Waals surface area contributed by atoms with E-state index in [9.17, 15) is 4.79 Å². The van der Waals surface area contributed by atoms with Gasteiger partial charge >= 0.3 is 0 Å². The smallest absolute Gasteiger partial charge is 0.267 e. The van der Waals surface area contributed by atoms with E-state index in [1.54, 1.807) is 30.6 Å². The fraction of sp³-hybridized carbons (Fsp3) is 0.167. The van der Waals surface area contributed by atoms with Crippen LogP contribution in [-0.4, -0.2) is 15.9 Å². The topological polar surface area (TPSA) is 64.1 Å². The molecule has 0 unspecified atom stereocenters. The first-order valence-electron chi connectivity index (χ1n) is 7.74. The van der Waals surface area contributed by atoms with E-state index in [1.807, 2.05) is 25.1 Å². The van der Waals surface area contributed by atoms with E-state index >= 15 is 0 Å². The second kappa shape index (κ2) is 8.09. The SMILES string of the molecule is CCc1ncc(C(=O)Nc2ccc(OCc3ccccn3)c(Cl)c2)s1. The highest BCUT2D eigenvalue weighted by Gasteiger charge is 2.11. The van der Waals surface area contributed by atoms with Crippen molar-refractivity contribution in [3.05, 3.63) is 69.4 Å². The molecule has 128 valence electrons. The summed E-state index contributed by atoms with van der Waals surface area (Å²) in [5, 5.41) is 4.17. The van der Waals surface area contributed by atoms with Crippen LogP contribution in [0, 0.1) is 0 Å². The number of thiazole rings is 1. The molecule has 0 bridgehead atoms. The Morgan fingerprint density at radius 1 is 1.28 bits per heavy atom. The zero-order valence-corrected chi connectivity index (χ0v) is 15.1. The van der Waals surface area contributed by atoms with Crippen molar-refractivity contribution in [3.8, 4) is 5.75 Å². The molecule has 3 aromatic rings. The maximum atomic E-state index is 12.2. The number of carbonyl (C=O) groups is 1. The predicted octanol–water partition coefficient (Wildman–Crippen LogP) is 4.59. The molecule has 1 amide bonds. The Kier molecular flexibility index (Phi) is 5.63. The van der Waals surface area contributed by atoms with Gasteiger partial charge in [-0.3, -0.25) is 9.78 Å². The van der Waals surface area contributed by atoms with E-state index in [2.05, 4.69) is 15.3 Å². The molecule has 0 fully saturated rings. The van der Waals surface area contributed by atoms with Crippen LogP contribution in [0.1, 0.15) is 27.3 Å². The average Bonchev–Trinajstić information content (AvgIpc) is 3.11. The summed E-state index contributed by atoms with van der Waals surface area (Å²) in [6.45, 7) is 2.33. The lowest BCUT2D eigenvalue weighted by Crippen LogP contribution is -2.10. The normalized spacial score (nSPS) is 10.5. The first-order chi connectivity index (χ1) is 12.2. The quantitative estimate of drug-likeness (QED) is 0.686. The number of anilines is 1. The molecule has 1 N–H and O–H groups in total. The molecular formula is C18H16ClN3O2S. The summed E-state index contributed by atoms with van der Waals surface area (Å²) in [5.74, 6) is 0.340. The third-order valence-corrected chi connectivity index (χ3v) is 4.81. The molecule has 0 aliphatic carbocycles. The van der Waals surface area contributed by atoms with Crippen LogP contribution in [0.5, 0.6) is 5.75 Å². The van der Waals surface area contributed by atoms with Crippen LogP contribution in [0.25, 0.3) is 0 Å². The summed E-state index contributed by atoms with van der Waals surface area (Å²) in [4.78, 5) is 21.2. The van der Waals surface area contributed by atoms with Gasteiger partial charge in [0.05, 0.1) is 21.9 Å². The Morgan fingerprint density at radius 3 is 2.84 bits per heavy atom. The van der Waals surface area contributed by atoms with Gasteiger partial charge in [-0.2, -0.15) is 0 Å². The average molecular weight is 374 g/mol. The molecule has 0 atom stereocenters. The van der Waals surface area contributed by atoms with Gasteiger partial charge in [-0.15, -0.1) is 11.3 Å². The van der Waals surface area contributed by atoms with Gasteiger partial charge in [0.25, 0.3) is 5.91 Å². The molecule has 25 heavy (non-hydrogen) atoms. The number of halogens is 1. The minimum absolute atomic E-state index is 0.199. The molecule has 0 spiro atoms. The van der Waals surface area contributed by atoms with Crippen LogP contribution < -0.4 is 10.1 Å². The lowest BCUT2D eigenvalue weighted by molar-refractivity contribution is 0.103. The second-order valence-corrected chi connectivity index (χ2v) is 6.70. The van der Waals surface area contributed by atoms with Crippen LogP contribution in [0.2, 0.25) is 5.02 Å². The fourth-order valence-electron chi connectivity index (χ4n) is 2.10. The third-order valence-electron chi connectivity index (χ3n) is 3.37. The molecule has 0 aliphatic rings. The number of nitrogens with one attached hydrogen (secondary N) is 1. The summed E-state index contributed by atoms with van der Waals surface area (Å²) in [7, 11) is 0. The lowest BCUT2D eigenvalue weighted by atomic mass is 10.3. The standard InChI is InChI=1S/C18H16ClN3O2S/c1-2-17-21-10-16(25-17)18(23)22-12-6-7-15(14(19)9-12)24-11-13-5-3-4-8-20-13/h3-10H,2,11H2,1H3,(H,22,23). The highest BCUT2D eigenvalue weighted by atomic mass is 35.5. The number of benzene rings is 1. The van der Waals surface area contributed by atoms with E-state index < -0.39 is 0 Å². The lowest BCUT2D eigenvalue weighted by Gasteiger charge is -2.10. The molecule has 0 saturated carbocycles. The van der Waals surface area contributed by atoms with Crippen molar-refractivity contribution in [2.75, 3.05) is 5.32 Å².